The molecule has 1 aliphatic heterocycles. The maximum Gasteiger partial charge on any atom is 0.222 e. The maximum absolute atomic E-state index is 6.10. The van der Waals surface area contributed by atoms with E-state index in [4.69, 9.17) is 4.74 Å². The molecule has 2 heterocycles. The highest BCUT2D eigenvalue weighted by Crippen LogP contribution is 2.27. The molecule has 1 aromatic carbocycles. The Hall–Kier alpha value is -1.85. The molecule has 0 aliphatic carbocycles. The number of hydrogen-bond donors (Lipinski definition) is 1. The number of para-hydroxylation sites is 1. The number of rotatable bonds is 6. The van der Waals surface area contributed by atoms with Gasteiger partial charge in [-0.2, -0.15) is 5.10 Å². The molecule has 5 heteroatoms. The molecule has 25 heavy (non-hydrogen) atoms. The molecule has 0 unspecified atom stereocenters. The topological polar surface area (TPSA) is 42.3 Å². The number of aryl methyl sites for hydroxylation is 2. The van der Waals surface area contributed by atoms with Crippen LogP contribution >= 0.6 is 0 Å². The van der Waals surface area contributed by atoms with Crippen LogP contribution in [0.1, 0.15) is 37.9 Å². The van der Waals surface area contributed by atoms with Gasteiger partial charge in [0.1, 0.15) is 5.75 Å². The summed E-state index contributed by atoms with van der Waals surface area (Å²) >= 11 is 0. The minimum atomic E-state index is 0.569. The Kier molecular flexibility index (Phi) is 5.76. The SMILES string of the molecule is Cc1nn(C)c(Oc2ccccc2)c1CNC1CCN(C(C)C)CC1. The number of hydrogen-bond acceptors (Lipinski definition) is 4. The van der Waals surface area contributed by atoms with E-state index in [9.17, 15) is 0 Å². The normalized spacial score (nSPS) is 16.5. The quantitative estimate of drug-likeness (QED) is 0.873. The van der Waals surface area contributed by atoms with E-state index in [1.165, 1.54) is 25.9 Å². The fourth-order valence-corrected chi connectivity index (χ4v) is 3.48. The van der Waals surface area contributed by atoms with Crippen LogP contribution in [-0.4, -0.2) is 39.9 Å². The Morgan fingerprint density at radius 2 is 1.88 bits per heavy atom. The molecule has 0 spiro atoms. The van der Waals surface area contributed by atoms with E-state index in [2.05, 4.69) is 36.1 Å². The lowest BCUT2D eigenvalue weighted by molar-refractivity contribution is 0.160. The van der Waals surface area contributed by atoms with Crippen molar-refractivity contribution in [2.24, 2.45) is 7.05 Å². The van der Waals surface area contributed by atoms with Crippen LogP contribution in [-0.2, 0) is 13.6 Å². The number of aromatic nitrogens is 2. The second-order valence-electron chi connectivity index (χ2n) is 7.19. The Balaban J connectivity index is 1.63. The summed E-state index contributed by atoms with van der Waals surface area (Å²) in [7, 11) is 1.94. The molecule has 136 valence electrons. The summed E-state index contributed by atoms with van der Waals surface area (Å²) in [5.41, 5.74) is 2.18. The number of nitrogens with one attached hydrogen (secondary N) is 1. The first-order valence-corrected chi connectivity index (χ1v) is 9.27. The fraction of sp³-hybridized carbons (Fsp3) is 0.550. The van der Waals surface area contributed by atoms with E-state index >= 15 is 0 Å². The smallest absolute Gasteiger partial charge is 0.222 e. The van der Waals surface area contributed by atoms with Crippen molar-refractivity contribution in [3.8, 4) is 11.6 Å². The van der Waals surface area contributed by atoms with Gasteiger partial charge in [0.2, 0.25) is 5.88 Å². The van der Waals surface area contributed by atoms with Crippen LogP contribution in [0.15, 0.2) is 30.3 Å². The van der Waals surface area contributed by atoms with Gasteiger partial charge in [-0.15, -0.1) is 0 Å². The van der Waals surface area contributed by atoms with Crippen LogP contribution in [0.25, 0.3) is 0 Å². The van der Waals surface area contributed by atoms with Crippen molar-refractivity contribution < 1.29 is 4.74 Å². The lowest BCUT2D eigenvalue weighted by Gasteiger charge is -2.35. The van der Waals surface area contributed by atoms with Gasteiger partial charge in [0, 0.05) is 25.7 Å². The van der Waals surface area contributed by atoms with Crippen LogP contribution < -0.4 is 10.1 Å². The van der Waals surface area contributed by atoms with Gasteiger partial charge in [-0.25, -0.2) is 4.68 Å². The van der Waals surface area contributed by atoms with E-state index in [0.717, 1.165) is 29.4 Å². The van der Waals surface area contributed by atoms with Crippen molar-refractivity contribution in [2.75, 3.05) is 13.1 Å². The van der Waals surface area contributed by atoms with E-state index in [-0.39, 0.29) is 0 Å². The van der Waals surface area contributed by atoms with Crippen LogP contribution in [0.5, 0.6) is 11.6 Å². The molecule has 0 bridgehead atoms. The molecule has 2 aromatic rings. The van der Waals surface area contributed by atoms with Gasteiger partial charge < -0.3 is 15.0 Å². The number of nitrogens with zero attached hydrogens (tertiary/aromatic N) is 3. The molecule has 1 aliphatic rings. The molecule has 0 atom stereocenters. The van der Waals surface area contributed by atoms with Crippen molar-refractivity contribution in [2.45, 2.75) is 52.2 Å². The van der Waals surface area contributed by atoms with Crippen LogP contribution in [0.4, 0.5) is 0 Å². The third kappa shape index (κ3) is 4.41. The Labute approximate surface area is 151 Å². The van der Waals surface area contributed by atoms with E-state index < -0.39 is 0 Å². The minimum absolute atomic E-state index is 0.569. The summed E-state index contributed by atoms with van der Waals surface area (Å²) in [5.74, 6) is 1.67. The molecule has 0 amide bonds. The predicted octanol–water partition coefficient (Wildman–Crippen LogP) is 3.48. The molecular formula is C20H30N4O. The number of benzene rings is 1. The van der Waals surface area contributed by atoms with Gasteiger partial charge in [0.25, 0.3) is 0 Å². The van der Waals surface area contributed by atoms with Crippen molar-refractivity contribution >= 4 is 0 Å². The van der Waals surface area contributed by atoms with Crippen molar-refractivity contribution in [3.63, 3.8) is 0 Å². The van der Waals surface area contributed by atoms with Gasteiger partial charge in [0.15, 0.2) is 0 Å². The molecule has 1 saturated heterocycles. The zero-order valence-electron chi connectivity index (χ0n) is 15.8. The van der Waals surface area contributed by atoms with Crippen molar-refractivity contribution in [1.82, 2.24) is 20.0 Å². The molecule has 1 N–H and O–H groups in total. The Morgan fingerprint density at radius 1 is 1.20 bits per heavy atom. The highest BCUT2D eigenvalue weighted by molar-refractivity contribution is 5.35. The first kappa shape index (κ1) is 18.0. The second kappa shape index (κ2) is 8.02. The van der Waals surface area contributed by atoms with Crippen LogP contribution in [0, 0.1) is 6.92 Å². The lowest BCUT2D eigenvalue weighted by atomic mass is 10.0. The summed E-state index contributed by atoms with van der Waals surface area (Å²) in [6.45, 7) is 9.76. The Morgan fingerprint density at radius 3 is 2.52 bits per heavy atom. The molecular weight excluding hydrogens is 312 g/mol. The predicted molar refractivity (Wildman–Crippen MR) is 101 cm³/mol. The third-order valence-electron chi connectivity index (χ3n) is 5.07. The maximum atomic E-state index is 6.10. The van der Waals surface area contributed by atoms with E-state index in [1.807, 2.05) is 42.1 Å². The third-order valence-corrected chi connectivity index (χ3v) is 5.07. The van der Waals surface area contributed by atoms with Gasteiger partial charge in [-0.1, -0.05) is 18.2 Å². The lowest BCUT2D eigenvalue weighted by Crippen LogP contribution is -2.44. The van der Waals surface area contributed by atoms with E-state index in [1.54, 1.807) is 0 Å². The minimum Gasteiger partial charge on any atom is -0.439 e. The largest absolute Gasteiger partial charge is 0.439 e. The molecule has 1 fully saturated rings. The molecule has 1 aromatic heterocycles. The zero-order valence-corrected chi connectivity index (χ0v) is 15.8. The average molecular weight is 342 g/mol. The average Bonchev–Trinajstić information content (AvgIpc) is 2.87. The van der Waals surface area contributed by atoms with Gasteiger partial charge >= 0.3 is 0 Å². The summed E-state index contributed by atoms with van der Waals surface area (Å²) < 4.78 is 7.94. The first-order chi connectivity index (χ1) is 12.0. The first-order valence-electron chi connectivity index (χ1n) is 9.27. The van der Waals surface area contributed by atoms with Crippen molar-refractivity contribution in [3.05, 3.63) is 41.6 Å². The number of piperidine rings is 1. The van der Waals surface area contributed by atoms with Gasteiger partial charge in [-0.05, 0) is 58.8 Å². The Bertz CT molecular complexity index is 673. The molecule has 3 rings (SSSR count). The number of ether oxygens (including phenoxy) is 1. The van der Waals surface area contributed by atoms with Gasteiger partial charge in [0.05, 0.1) is 11.3 Å². The summed E-state index contributed by atoms with van der Waals surface area (Å²) in [6.07, 6.45) is 2.40. The fourth-order valence-electron chi connectivity index (χ4n) is 3.48. The standard InChI is InChI=1S/C20H30N4O/c1-15(2)24-12-10-17(11-13-24)21-14-19-16(3)22-23(4)20(19)25-18-8-6-5-7-9-18/h5-9,15,17,21H,10-14H2,1-4H3. The highest BCUT2D eigenvalue weighted by Gasteiger charge is 2.22. The second-order valence-corrected chi connectivity index (χ2v) is 7.19. The number of likely N-dealkylation sites (tertiary alicyclic amines) is 1. The molecule has 5 nitrogen and oxygen atoms in total. The monoisotopic (exact) mass is 342 g/mol. The summed E-state index contributed by atoms with van der Waals surface area (Å²) in [5, 5.41) is 8.27. The van der Waals surface area contributed by atoms with Crippen molar-refractivity contribution in [1.29, 1.82) is 0 Å². The van der Waals surface area contributed by atoms with Crippen LogP contribution in [0.2, 0.25) is 0 Å². The summed E-state index contributed by atoms with van der Waals surface area (Å²) in [4.78, 5) is 2.55. The summed E-state index contributed by atoms with van der Waals surface area (Å²) in [6, 6.07) is 11.1. The van der Waals surface area contributed by atoms with Crippen LogP contribution in [0.3, 0.4) is 0 Å². The zero-order chi connectivity index (χ0) is 17.8. The molecule has 0 saturated carbocycles. The molecule has 0 radical (unpaired) electrons. The highest BCUT2D eigenvalue weighted by atomic mass is 16.5. The van der Waals surface area contributed by atoms with E-state index in [0.29, 0.717) is 12.1 Å². The van der Waals surface area contributed by atoms with Gasteiger partial charge in [-0.3, -0.25) is 0 Å².